The number of aryl methyl sites for hydroxylation is 1. The Bertz CT molecular complexity index is 430. The Labute approximate surface area is 107 Å². The summed E-state index contributed by atoms with van der Waals surface area (Å²) in [5, 5.41) is 9.45. The normalized spacial score (nSPS) is 24.6. The van der Waals surface area contributed by atoms with Gasteiger partial charge in [-0.1, -0.05) is 13.3 Å². The first-order chi connectivity index (χ1) is 8.57. The summed E-state index contributed by atoms with van der Waals surface area (Å²) in [5.41, 5.74) is 0.598. The maximum absolute atomic E-state index is 11.5. The number of hydrogen-bond acceptors (Lipinski definition) is 3. The summed E-state index contributed by atoms with van der Waals surface area (Å²) in [6, 6.07) is 0. The molecule has 1 fully saturated rings. The number of aromatic nitrogens is 2. The van der Waals surface area contributed by atoms with E-state index in [0.29, 0.717) is 6.54 Å². The average molecular weight is 251 g/mol. The van der Waals surface area contributed by atoms with Crippen LogP contribution in [0.5, 0.6) is 0 Å². The lowest BCUT2D eigenvalue weighted by molar-refractivity contribution is -0.148. The van der Waals surface area contributed by atoms with Gasteiger partial charge in [0, 0.05) is 26.3 Å². The number of aliphatic carboxylic acids is 1. The second-order valence-corrected chi connectivity index (χ2v) is 5.29. The van der Waals surface area contributed by atoms with E-state index in [0.717, 1.165) is 38.0 Å². The third-order valence-electron chi connectivity index (χ3n) is 3.92. The molecular formula is C13H21N3O2. The van der Waals surface area contributed by atoms with Gasteiger partial charge in [0.1, 0.15) is 0 Å². The molecule has 0 aromatic carbocycles. The van der Waals surface area contributed by atoms with Crippen molar-refractivity contribution in [2.24, 2.45) is 12.5 Å². The molecule has 1 aliphatic heterocycles. The summed E-state index contributed by atoms with van der Waals surface area (Å²) in [6.07, 6.45) is 6.08. The SMILES string of the molecule is CCCC1(C(=O)O)CCN(Cc2cncn2C)C1. The van der Waals surface area contributed by atoms with Gasteiger partial charge in [-0.3, -0.25) is 9.69 Å². The Morgan fingerprint density at radius 1 is 1.61 bits per heavy atom. The molecule has 1 N–H and O–H groups in total. The molecule has 0 radical (unpaired) electrons. The maximum Gasteiger partial charge on any atom is 0.310 e. The van der Waals surface area contributed by atoms with Crippen LogP contribution < -0.4 is 0 Å². The van der Waals surface area contributed by atoms with E-state index >= 15 is 0 Å². The summed E-state index contributed by atoms with van der Waals surface area (Å²) < 4.78 is 1.99. The first-order valence-corrected chi connectivity index (χ1v) is 6.48. The van der Waals surface area contributed by atoms with Crippen molar-refractivity contribution in [2.75, 3.05) is 13.1 Å². The highest BCUT2D eigenvalue weighted by molar-refractivity contribution is 5.75. The molecule has 5 nitrogen and oxygen atoms in total. The van der Waals surface area contributed by atoms with Crippen molar-refractivity contribution in [2.45, 2.75) is 32.7 Å². The lowest BCUT2D eigenvalue weighted by atomic mass is 9.83. The van der Waals surface area contributed by atoms with Gasteiger partial charge in [0.15, 0.2) is 0 Å². The van der Waals surface area contributed by atoms with Crippen LogP contribution in [-0.2, 0) is 18.4 Å². The topological polar surface area (TPSA) is 58.4 Å². The highest BCUT2D eigenvalue weighted by Crippen LogP contribution is 2.36. The summed E-state index contributed by atoms with van der Waals surface area (Å²) in [4.78, 5) is 17.8. The van der Waals surface area contributed by atoms with Gasteiger partial charge in [-0.25, -0.2) is 4.98 Å². The van der Waals surface area contributed by atoms with E-state index in [1.165, 1.54) is 0 Å². The van der Waals surface area contributed by atoms with E-state index in [2.05, 4.69) is 16.8 Å². The van der Waals surface area contributed by atoms with Crippen molar-refractivity contribution in [3.63, 3.8) is 0 Å². The first kappa shape index (κ1) is 13.1. The molecule has 1 saturated heterocycles. The summed E-state index contributed by atoms with van der Waals surface area (Å²) >= 11 is 0. The van der Waals surface area contributed by atoms with E-state index in [9.17, 15) is 9.90 Å². The monoisotopic (exact) mass is 251 g/mol. The van der Waals surface area contributed by atoms with E-state index in [1.807, 2.05) is 17.8 Å². The minimum absolute atomic E-state index is 0.534. The molecule has 100 valence electrons. The fourth-order valence-corrected chi connectivity index (χ4v) is 2.82. The van der Waals surface area contributed by atoms with Crippen molar-refractivity contribution in [3.8, 4) is 0 Å². The Hall–Kier alpha value is -1.36. The lowest BCUT2D eigenvalue weighted by Crippen LogP contribution is -2.34. The zero-order valence-corrected chi connectivity index (χ0v) is 11.1. The molecule has 2 rings (SSSR count). The van der Waals surface area contributed by atoms with Crippen molar-refractivity contribution >= 4 is 5.97 Å². The number of hydrogen-bond donors (Lipinski definition) is 1. The van der Waals surface area contributed by atoms with Gasteiger partial charge in [-0.05, 0) is 19.4 Å². The Morgan fingerprint density at radius 2 is 2.39 bits per heavy atom. The standard InChI is InChI=1S/C13H21N3O2/c1-3-4-13(12(17)18)5-6-16(9-13)8-11-7-14-10-15(11)2/h7,10H,3-6,8-9H2,1-2H3,(H,17,18). The van der Waals surface area contributed by atoms with E-state index < -0.39 is 11.4 Å². The number of carbonyl (C=O) groups is 1. The van der Waals surface area contributed by atoms with Crippen LogP contribution in [0.25, 0.3) is 0 Å². The second-order valence-electron chi connectivity index (χ2n) is 5.29. The third-order valence-corrected chi connectivity index (χ3v) is 3.92. The van der Waals surface area contributed by atoms with Crippen molar-refractivity contribution < 1.29 is 9.90 Å². The van der Waals surface area contributed by atoms with Gasteiger partial charge in [-0.2, -0.15) is 0 Å². The molecule has 0 amide bonds. The summed E-state index contributed by atoms with van der Waals surface area (Å²) in [7, 11) is 1.97. The molecule has 1 aliphatic rings. The molecule has 2 heterocycles. The summed E-state index contributed by atoms with van der Waals surface area (Å²) in [5.74, 6) is -0.642. The fourth-order valence-electron chi connectivity index (χ4n) is 2.82. The largest absolute Gasteiger partial charge is 0.481 e. The Balaban J connectivity index is 2.03. The maximum atomic E-state index is 11.5. The van der Waals surface area contributed by atoms with E-state index in [1.54, 1.807) is 6.33 Å². The zero-order chi connectivity index (χ0) is 13.2. The van der Waals surface area contributed by atoms with Gasteiger partial charge in [0.2, 0.25) is 0 Å². The summed E-state index contributed by atoms with van der Waals surface area (Å²) in [6.45, 7) is 4.35. The van der Waals surface area contributed by atoms with Crippen LogP contribution in [0.3, 0.4) is 0 Å². The molecule has 0 spiro atoms. The molecule has 18 heavy (non-hydrogen) atoms. The number of likely N-dealkylation sites (tertiary alicyclic amines) is 1. The minimum atomic E-state index is -0.642. The molecule has 0 saturated carbocycles. The van der Waals surface area contributed by atoms with Crippen LogP contribution in [0.4, 0.5) is 0 Å². The zero-order valence-electron chi connectivity index (χ0n) is 11.1. The predicted octanol–water partition coefficient (Wildman–Crippen LogP) is 1.50. The average Bonchev–Trinajstić information content (AvgIpc) is 2.89. The number of carboxylic acid groups (broad SMARTS) is 1. The first-order valence-electron chi connectivity index (χ1n) is 6.48. The van der Waals surface area contributed by atoms with Crippen LogP contribution in [0, 0.1) is 5.41 Å². The van der Waals surface area contributed by atoms with Crippen molar-refractivity contribution in [1.29, 1.82) is 0 Å². The van der Waals surface area contributed by atoms with Crippen molar-refractivity contribution in [1.82, 2.24) is 14.5 Å². The number of imidazole rings is 1. The van der Waals surface area contributed by atoms with Crippen LogP contribution in [-0.4, -0.2) is 38.6 Å². The third kappa shape index (κ3) is 2.41. The molecule has 0 bridgehead atoms. The highest BCUT2D eigenvalue weighted by Gasteiger charge is 2.43. The quantitative estimate of drug-likeness (QED) is 0.861. The minimum Gasteiger partial charge on any atom is -0.481 e. The smallest absolute Gasteiger partial charge is 0.310 e. The molecule has 1 atom stereocenters. The van der Waals surface area contributed by atoms with Crippen LogP contribution in [0.1, 0.15) is 31.9 Å². The molecule has 1 aromatic heterocycles. The second kappa shape index (κ2) is 5.10. The van der Waals surface area contributed by atoms with Crippen LogP contribution >= 0.6 is 0 Å². The number of rotatable bonds is 5. The number of carboxylic acids is 1. The molecule has 5 heteroatoms. The molecular weight excluding hydrogens is 230 g/mol. The van der Waals surface area contributed by atoms with Gasteiger partial charge >= 0.3 is 5.97 Å². The fraction of sp³-hybridized carbons (Fsp3) is 0.692. The Morgan fingerprint density at radius 3 is 2.94 bits per heavy atom. The molecule has 1 aromatic rings. The highest BCUT2D eigenvalue weighted by atomic mass is 16.4. The molecule has 0 aliphatic carbocycles. The van der Waals surface area contributed by atoms with Crippen LogP contribution in [0.15, 0.2) is 12.5 Å². The van der Waals surface area contributed by atoms with Gasteiger partial charge in [0.05, 0.1) is 17.4 Å². The lowest BCUT2D eigenvalue weighted by Gasteiger charge is -2.24. The van der Waals surface area contributed by atoms with Gasteiger partial charge < -0.3 is 9.67 Å². The molecule has 1 unspecified atom stereocenters. The number of nitrogens with zero attached hydrogens (tertiary/aromatic N) is 3. The van der Waals surface area contributed by atoms with Gasteiger partial charge in [0.25, 0.3) is 0 Å². The van der Waals surface area contributed by atoms with Crippen molar-refractivity contribution in [3.05, 3.63) is 18.2 Å². The van der Waals surface area contributed by atoms with Crippen LogP contribution in [0.2, 0.25) is 0 Å². The Kier molecular flexibility index (Phi) is 3.71. The van der Waals surface area contributed by atoms with Gasteiger partial charge in [-0.15, -0.1) is 0 Å². The van der Waals surface area contributed by atoms with E-state index in [-0.39, 0.29) is 0 Å². The predicted molar refractivity (Wildman–Crippen MR) is 68.1 cm³/mol. The van der Waals surface area contributed by atoms with E-state index in [4.69, 9.17) is 0 Å².